The van der Waals surface area contributed by atoms with Gasteiger partial charge in [0.05, 0.1) is 17.4 Å². The van der Waals surface area contributed by atoms with E-state index in [9.17, 15) is 4.39 Å². The van der Waals surface area contributed by atoms with Crippen molar-refractivity contribution in [2.24, 2.45) is 0 Å². The summed E-state index contributed by atoms with van der Waals surface area (Å²) < 4.78 is 13.9. The minimum atomic E-state index is -0.169. The van der Waals surface area contributed by atoms with E-state index >= 15 is 0 Å². The zero-order chi connectivity index (χ0) is 17.8. The minimum Gasteiger partial charge on any atom is -0.289 e. The van der Waals surface area contributed by atoms with Crippen LogP contribution in [0, 0.1) is 5.82 Å². The first-order chi connectivity index (χ1) is 12.8. The second-order valence-electron chi connectivity index (χ2n) is 6.77. The van der Waals surface area contributed by atoms with Crippen LogP contribution in [0.4, 0.5) is 4.39 Å². The zero-order valence-electron chi connectivity index (χ0n) is 14.7. The van der Waals surface area contributed by atoms with Gasteiger partial charge < -0.3 is 0 Å². The van der Waals surface area contributed by atoms with E-state index in [0.29, 0.717) is 18.0 Å². The largest absolute Gasteiger partial charge is 0.289 e. The predicted octanol–water partition coefficient (Wildman–Crippen LogP) is 4.54. The van der Waals surface area contributed by atoms with Gasteiger partial charge in [-0.25, -0.2) is 4.39 Å². The van der Waals surface area contributed by atoms with E-state index < -0.39 is 0 Å². The summed E-state index contributed by atoms with van der Waals surface area (Å²) in [7, 11) is 0. The molecule has 4 rings (SSSR count). The number of pyridine rings is 2. The molecule has 0 amide bonds. The highest BCUT2D eigenvalue weighted by Crippen LogP contribution is 2.32. The smallest absolute Gasteiger partial charge is 0.126 e. The zero-order valence-corrected chi connectivity index (χ0v) is 14.7. The number of likely N-dealkylation sites (tertiary alicyclic amines) is 1. The van der Waals surface area contributed by atoms with Crippen molar-refractivity contribution >= 4 is 0 Å². The molecule has 1 aromatic carbocycles. The van der Waals surface area contributed by atoms with Crippen LogP contribution in [0.5, 0.6) is 0 Å². The minimum absolute atomic E-state index is 0.169. The highest BCUT2D eigenvalue weighted by Gasteiger charge is 2.27. The van der Waals surface area contributed by atoms with Crippen LogP contribution in [0.3, 0.4) is 0 Å². The van der Waals surface area contributed by atoms with Crippen LogP contribution in [0.2, 0.25) is 0 Å². The summed E-state index contributed by atoms with van der Waals surface area (Å²) in [5.74, 6) is -0.169. The molecular weight excluding hydrogens is 325 g/mol. The van der Waals surface area contributed by atoms with E-state index in [0.717, 1.165) is 43.0 Å². The fourth-order valence-electron chi connectivity index (χ4n) is 3.67. The van der Waals surface area contributed by atoms with Crippen molar-refractivity contribution in [1.82, 2.24) is 14.9 Å². The molecule has 3 heterocycles. The van der Waals surface area contributed by atoms with Crippen molar-refractivity contribution in [1.29, 1.82) is 0 Å². The SMILES string of the molecule is Fc1ccccc1Cc1cccc([C@@H]2CCCN2Cc2ccccn2)n1. The first-order valence-corrected chi connectivity index (χ1v) is 9.13. The number of hydrogen-bond donors (Lipinski definition) is 0. The Labute approximate surface area is 153 Å². The Balaban J connectivity index is 1.53. The second-order valence-corrected chi connectivity index (χ2v) is 6.77. The van der Waals surface area contributed by atoms with Gasteiger partial charge in [-0.05, 0) is 55.3 Å². The molecule has 1 saturated heterocycles. The second kappa shape index (κ2) is 7.75. The monoisotopic (exact) mass is 347 g/mol. The third-order valence-corrected chi connectivity index (χ3v) is 4.95. The number of hydrogen-bond acceptors (Lipinski definition) is 3. The van der Waals surface area contributed by atoms with Gasteiger partial charge in [0.15, 0.2) is 0 Å². The maximum Gasteiger partial charge on any atom is 0.126 e. The van der Waals surface area contributed by atoms with Crippen LogP contribution >= 0.6 is 0 Å². The number of halogens is 1. The molecule has 0 bridgehead atoms. The van der Waals surface area contributed by atoms with Crippen molar-refractivity contribution in [2.45, 2.75) is 31.8 Å². The third-order valence-electron chi connectivity index (χ3n) is 4.95. The van der Waals surface area contributed by atoms with Crippen LogP contribution in [0.1, 0.15) is 41.5 Å². The van der Waals surface area contributed by atoms with Gasteiger partial charge in [0, 0.05) is 24.9 Å². The summed E-state index contributed by atoms with van der Waals surface area (Å²) in [4.78, 5) is 11.7. The van der Waals surface area contributed by atoms with Gasteiger partial charge in [0.25, 0.3) is 0 Å². The van der Waals surface area contributed by atoms with Crippen molar-refractivity contribution in [3.05, 3.63) is 95.3 Å². The van der Waals surface area contributed by atoms with Gasteiger partial charge in [0.2, 0.25) is 0 Å². The molecule has 132 valence electrons. The molecule has 3 nitrogen and oxygen atoms in total. The molecule has 0 aliphatic carbocycles. The number of nitrogens with zero attached hydrogens (tertiary/aromatic N) is 3. The van der Waals surface area contributed by atoms with Gasteiger partial charge in [-0.1, -0.05) is 30.3 Å². The van der Waals surface area contributed by atoms with Crippen LogP contribution in [0.15, 0.2) is 66.9 Å². The molecular formula is C22H22FN3. The number of rotatable bonds is 5. The molecule has 3 aromatic rings. The fraction of sp³-hybridized carbons (Fsp3) is 0.273. The Hall–Kier alpha value is -2.59. The van der Waals surface area contributed by atoms with E-state index in [2.05, 4.69) is 22.0 Å². The van der Waals surface area contributed by atoms with Gasteiger partial charge in [-0.15, -0.1) is 0 Å². The number of aromatic nitrogens is 2. The Kier molecular flexibility index (Phi) is 5.02. The number of benzene rings is 1. The topological polar surface area (TPSA) is 29.0 Å². The first-order valence-electron chi connectivity index (χ1n) is 9.13. The summed E-state index contributed by atoms with van der Waals surface area (Å²) >= 11 is 0. The highest BCUT2D eigenvalue weighted by atomic mass is 19.1. The van der Waals surface area contributed by atoms with E-state index in [1.54, 1.807) is 6.07 Å². The summed E-state index contributed by atoms with van der Waals surface area (Å²) in [6, 6.07) is 19.4. The molecule has 1 atom stereocenters. The van der Waals surface area contributed by atoms with E-state index in [4.69, 9.17) is 4.98 Å². The Morgan fingerprint density at radius 3 is 2.65 bits per heavy atom. The van der Waals surface area contributed by atoms with Gasteiger partial charge in [0.1, 0.15) is 5.82 Å². The van der Waals surface area contributed by atoms with E-state index in [1.807, 2.05) is 42.6 Å². The van der Waals surface area contributed by atoms with Crippen LogP contribution in [-0.2, 0) is 13.0 Å². The summed E-state index contributed by atoms with van der Waals surface area (Å²) in [6.07, 6.45) is 4.63. The average Bonchev–Trinajstić information content (AvgIpc) is 3.13. The molecule has 26 heavy (non-hydrogen) atoms. The van der Waals surface area contributed by atoms with Crippen LogP contribution in [-0.4, -0.2) is 21.4 Å². The molecule has 1 aliphatic heterocycles. The summed E-state index contributed by atoms with van der Waals surface area (Å²) in [6.45, 7) is 1.89. The first kappa shape index (κ1) is 16.9. The quantitative estimate of drug-likeness (QED) is 0.678. The molecule has 0 spiro atoms. The third kappa shape index (κ3) is 3.81. The molecule has 1 aliphatic rings. The van der Waals surface area contributed by atoms with Gasteiger partial charge >= 0.3 is 0 Å². The lowest BCUT2D eigenvalue weighted by Gasteiger charge is -2.24. The molecule has 1 fully saturated rings. The highest BCUT2D eigenvalue weighted by molar-refractivity contribution is 5.25. The van der Waals surface area contributed by atoms with Crippen LogP contribution in [0.25, 0.3) is 0 Å². The van der Waals surface area contributed by atoms with Gasteiger partial charge in [-0.3, -0.25) is 14.9 Å². The van der Waals surface area contributed by atoms with Crippen molar-refractivity contribution in [2.75, 3.05) is 6.54 Å². The van der Waals surface area contributed by atoms with Crippen molar-refractivity contribution in [3.63, 3.8) is 0 Å². The maximum atomic E-state index is 13.9. The van der Waals surface area contributed by atoms with E-state index in [-0.39, 0.29) is 5.82 Å². The lowest BCUT2D eigenvalue weighted by atomic mass is 10.1. The fourth-order valence-corrected chi connectivity index (χ4v) is 3.67. The molecule has 0 saturated carbocycles. The van der Waals surface area contributed by atoms with E-state index in [1.165, 1.54) is 6.07 Å². The standard InChI is InChI=1S/C22H22FN3/c23-20-10-2-1-7-17(20)15-18-9-5-11-21(25-18)22-12-6-14-26(22)16-19-8-3-4-13-24-19/h1-5,7-11,13,22H,6,12,14-16H2/t22-/m0/s1. The lowest BCUT2D eigenvalue weighted by Crippen LogP contribution is -2.24. The van der Waals surface area contributed by atoms with Crippen molar-refractivity contribution in [3.8, 4) is 0 Å². The summed E-state index contributed by atoms with van der Waals surface area (Å²) in [5.41, 5.74) is 3.76. The normalized spacial score (nSPS) is 17.5. The maximum absolute atomic E-state index is 13.9. The summed E-state index contributed by atoms with van der Waals surface area (Å²) in [5, 5.41) is 0. The molecule has 4 heteroatoms. The average molecular weight is 347 g/mol. The Bertz CT molecular complexity index is 866. The van der Waals surface area contributed by atoms with Gasteiger partial charge in [-0.2, -0.15) is 0 Å². The van der Waals surface area contributed by atoms with Crippen LogP contribution < -0.4 is 0 Å². The lowest BCUT2D eigenvalue weighted by molar-refractivity contribution is 0.241. The molecule has 0 radical (unpaired) electrons. The molecule has 2 aromatic heterocycles. The molecule has 0 N–H and O–H groups in total. The Morgan fingerprint density at radius 1 is 0.962 bits per heavy atom. The predicted molar refractivity (Wildman–Crippen MR) is 100 cm³/mol. The molecule has 0 unspecified atom stereocenters. The Morgan fingerprint density at radius 2 is 1.81 bits per heavy atom. The van der Waals surface area contributed by atoms with Crippen molar-refractivity contribution < 1.29 is 4.39 Å².